The van der Waals surface area contributed by atoms with Gasteiger partial charge in [-0.1, -0.05) is 19.1 Å². The fourth-order valence-corrected chi connectivity index (χ4v) is 1.44. The van der Waals surface area contributed by atoms with Gasteiger partial charge in [0.2, 0.25) is 5.91 Å². The second-order valence-corrected chi connectivity index (χ2v) is 3.60. The van der Waals surface area contributed by atoms with Crippen LogP contribution in [0.4, 0.5) is 5.69 Å². The average molecular weight is 221 g/mol. The van der Waals surface area contributed by atoms with Crippen LogP contribution in [0.25, 0.3) is 0 Å². The summed E-state index contributed by atoms with van der Waals surface area (Å²) in [6.07, 6.45) is 1.13. The summed E-state index contributed by atoms with van der Waals surface area (Å²) in [5.74, 6) is -1.19. The smallest absolute Gasteiger partial charge is 0.337 e. The van der Waals surface area contributed by atoms with Crippen molar-refractivity contribution < 1.29 is 14.7 Å². The number of carboxylic acid groups (broad SMARTS) is 1. The van der Waals surface area contributed by atoms with Crippen LogP contribution in [-0.2, 0) is 4.79 Å². The third-order valence-electron chi connectivity index (χ3n) is 2.24. The van der Waals surface area contributed by atoms with E-state index >= 15 is 0 Å². The highest BCUT2D eigenvalue weighted by molar-refractivity contribution is 6.01. The van der Waals surface area contributed by atoms with Crippen molar-refractivity contribution >= 4 is 17.6 Å². The molecular formula is C12H15NO3. The molecule has 86 valence electrons. The molecule has 4 heteroatoms. The summed E-state index contributed by atoms with van der Waals surface area (Å²) in [5.41, 5.74) is 1.28. The number of carboxylic acids is 1. The minimum atomic E-state index is -1.03. The molecule has 0 bridgehead atoms. The molecule has 0 spiro atoms. The van der Waals surface area contributed by atoms with E-state index in [1.54, 1.807) is 19.1 Å². The van der Waals surface area contributed by atoms with Gasteiger partial charge in [0.15, 0.2) is 0 Å². The number of aromatic carboxylic acids is 1. The molecule has 0 atom stereocenters. The molecule has 1 rings (SSSR count). The Balaban J connectivity index is 3.01. The molecule has 1 aromatic rings. The predicted octanol–water partition coefficient (Wildman–Crippen LogP) is 2.43. The molecule has 0 aliphatic heterocycles. The molecule has 0 radical (unpaired) electrons. The van der Waals surface area contributed by atoms with Gasteiger partial charge in [0, 0.05) is 6.42 Å². The van der Waals surface area contributed by atoms with Crippen LogP contribution >= 0.6 is 0 Å². The lowest BCUT2D eigenvalue weighted by atomic mass is 10.1. The van der Waals surface area contributed by atoms with Crippen molar-refractivity contribution in [1.29, 1.82) is 0 Å². The van der Waals surface area contributed by atoms with Gasteiger partial charge in [-0.2, -0.15) is 0 Å². The van der Waals surface area contributed by atoms with Gasteiger partial charge in [0.05, 0.1) is 11.3 Å². The van der Waals surface area contributed by atoms with Crippen LogP contribution in [-0.4, -0.2) is 17.0 Å². The van der Waals surface area contributed by atoms with Gasteiger partial charge in [-0.3, -0.25) is 4.79 Å². The molecule has 0 aromatic heterocycles. The maximum absolute atomic E-state index is 11.4. The third kappa shape index (κ3) is 2.82. The molecule has 0 heterocycles. The van der Waals surface area contributed by atoms with Crippen molar-refractivity contribution in [3.8, 4) is 0 Å². The lowest BCUT2D eigenvalue weighted by Gasteiger charge is -2.10. The Morgan fingerprint density at radius 3 is 2.62 bits per heavy atom. The van der Waals surface area contributed by atoms with Crippen LogP contribution in [0, 0.1) is 6.92 Å². The zero-order valence-corrected chi connectivity index (χ0v) is 9.41. The van der Waals surface area contributed by atoms with E-state index in [9.17, 15) is 9.59 Å². The molecule has 2 N–H and O–H groups in total. The number of hydrogen-bond acceptors (Lipinski definition) is 2. The van der Waals surface area contributed by atoms with Crippen molar-refractivity contribution in [3.63, 3.8) is 0 Å². The maximum atomic E-state index is 11.4. The molecule has 0 saturated carbocycles. The molecule has 0 aliphatic carbocycles. The second kappa shape index (κ2) is 5.30. The Labute approximate surface area is 94.3 Å². The quantitative estimate of drug-likeness (QED) is 0.820. The van der Waals surface area contributed by atoms with Crippen LogP contribution in [0.2, 0.25) is 0 Å². The Morgan fingerprint density at radius 1 is 1.38 bits per heavy atom. The maximum Gasteiger partial charge on any atom is 0.337 e. The summed E-state index contributed by atoms with van der Waals surface area (Å²) in [5, 5.41) is 11.6. The van der Waals surface area contributed by atoms with Gasteiger partial charge >= 0.3 is 5.97 Å². The van der Waals surface area contributed by atoms with Gasteiger partial charge in [-0.25, -0.2) is 4.79 Å². The zero-order valence-electron chi connectivity index (χ0n) is 9.41. The SMILES string of the molecule is CCCC(=O)Nc1c(C)cccc1C(=O)O. The standard InChI is InChI=1S/C12H15NO3/c1-3-5-10(14)13-11-8(2)6-4-7-9(11)12(15)16/h4,6-7H,3,5H2,1-2H3,(H,13,14)(H,15,16). The molecule has 0 fully saturated rings. The lowest BCUT2D eigenvalue weighted by Crippen LogP contribution is -2.15. The number of para-hydroxylation sites is 1. The first-order valence-electron chi connectivity index (χ1n) is 5.19. The van der Waals surface area contributed by atoms with Crippen LogP contribution < -0.4 is 5.32 Å². The van der Waals surface area contributed by atoms with E-state index in [2.05, 4.69) is 5.32 Å². The van der Waals surface area contributed by atoms with Crippen LogP contribution in [0.5, 0.6) is 0 Å². The van der Waals surface area contributed by atoms with Gasteiger partial charge in [-0.05, 0) is 25.0 Å². The fourth-order valence-electron chi connectivity index (χ4n) is 1.44. The van der Waals surface area contributed by atoms with E-state index in [1.165, 1.54) is 6.07 Å². The Bertz CT molecular complexity index is 413. The Kier molecular flexibility index (Phi) is 4.05. The van der Waals surface area contributed by atoms with Gasteiger partial charge in [-0.15, -0.1) is 0 Å². The van der Waals surface area contributed by atoms with E-state index in [1.807, 2.05) is 6.92 Å². The van der Waals surface area contributed by atoms with Crippen molar-refractivity contribution in [2.75, 3.05) is 5.32 Å². The molecule has 1 amide bonds. The largest absolute Gasteiger partial charge is 0.478 e. The highest BCUT2D eigenvalue weighted by atomic mass is 16.4. The van der Waals surface area contributed by atoms with Crippen molar-refractivity contribution in [2.45, 2.75) is 26.7 Å². The number of carbonyl (C=O) groups is 2. The highest BCUT2D eigenvalue weighted by Gasteiger charge is 2.13. The van der Waals surface area contributed by atoms with E-state index in [-0.39, 0.29) is 11.5 Å². The number of anilines is 1. The van der Waals surface area contributed by atoms with E-state index in [4.69, 9.17) is 5.11 Å². The number of carbonyl (C=O) groups excluding carboxylic acids is 1. The highest BCUT2D eigenvalue weighted by Crippen LogP contribution is 2.20. The Morgan fingerprint density at radius 2 is 2.06 bits per heavy atom. The van der Waals surface area contributed by atoms with Gasteiger partial charge < -0.3 is 10.4 Å². The molecule has 1 aromatic carbocycles. The summed E-state index contributed by atoms with van der Waals surface area (Å²) in [6, 6.07) is 4.92. The average Bonchev–Trinajstić information content (AvgIpc) is 2.21. The summed E-state index contributed by atoms with van der Waals surface area (Å²) >= 11 is 0. The summed E-state index contributed by atoms with van der Waals surface area (Å²) in [7, 11) is 0. The van der Waals surface area contributed by atoms with Crippen molar-refractivity contribution in [1.82, 2.24) is 0 Å². The molecule has 4 nitrogen and oxygen atoms in total. The van der Waals surface area contributed by atoms with Crippen LogP contribution in [0.3, 0.4) is 0 Å². The first-order valence-corrected chi connectivity index (χ1v) is 5.19. The zero-order chi connectivity index (χ0) is 12.1. The number of aryl methyl sites for hydroxylation is 1. The van der Waals surface area contributed by atoms with E-state index in [0.717, 1.165) is 12.0 Å². The molecular weight excluding hydrogens is 206 g/mol. The molecule has 0 unspecified atom stereocenters. The minimum absolute atomic E-state index is 0.129. The second-order valence-electron chi connectivity index (χ2n) is 3.60. The summed E-state index contributed by atoms with van der Waals surface area (Å²) in [4.78, 5) is 22.4. The van der Waals surface area contributed by atoms with Crippen molar-refractivity contribution in [3.05, 3.63) is 29.3 Å². The van der Waals surface area contributed by atoms with E-state index < -0.39 is 5.97 Å². The minimum Gasteiger partial charge on any atom is -0.478 e. The summed E-state index contributed by atoms with van der Waals surface area (Å²) < 4.78 is 0. The first kappa shape index (κ1) is 12.2. The molecule has 0 aliphatic rings. The number of benzene rings is 1. The predicted molar refractivity (Wildman–Crippen MR) is 61.7 cm³/mol. The molecule has 16 heavy (non-hydrogen) atoms. The third-order valence-corrected chi connectivity index (χ3v) is 2.24. The topological polar surface area (TPSA) is 66.4 Å². The number of amides is 1. The van der Waals surface area contributed by atoms with E-state index in [0.29, 0.717) is 12.1 Å². The number of rotatable bonds is 4. The van der Waals surface area contributed by atoms with Crippen LogP contribution in [0.15, 0.2) is 18.2 Å². The monoisotopic (exact) mass is 221 g/mol. The number of hydrogen-bond donors (Lipinski definition) is 2. The fraction of sp³-hybridized carbons (Fsp3) is 0.333. The van der Waals surface area contributed by atoms with Crippen LogP contribution in [0.1, 0.15) is 35.7 Å². The van der Waals surface area contributed by atoms with Gasteiger partial charge in [0.25, 0.3) is 0 Å². The first-order chi connectivity index (χ1) is 7.56. The summed E-state index contributed by atoms with van der Waals surface area (Å²) in [6.45, 7) is 3.67. The van der Waals surface area contributed by atoms with Crippen molar-refractivity contribution in [2.24, 2.45) is 0 Å². The Hall–Kier alpha value is -1.84. The lowest BCUT2D eigenvalue weighted by molar-refractivity contribution is -0.116. The van der Waals surface area contributed by atoms with Gasteiger partial charge in [0.1, 0.15) is 0 Å². The molecule has 0 saturated heterocycles. The number of nitrogens with one attached hydrogen (secondary N) is 1. The normalized spacial score (nSPS) is 9.88.